The predicted octanol–water partition coefficient (Wildman–Crippen LogP) is 5.89. The van der Waals surface area contributed by atoms with Crippen LogP contribution in [-0.4, -0.2) is 34.8 Å². The van der Waals surface area contributed by atoms with Crippen LogP contribution in [0.2, 0.25) is 0 Å². The molecule has 0 atom stereocenters. The Kier molecular flexibility index (Phi) is 7.22. The number of nitrogens with one attached hydrogen (secondary N) is 1. The van der Waals surface area contributed by atoms with E-state index < -0.39 is 0 Å². The summed E-state index contributed by atoms with van der Waals surface area (Å²) in [5.41, 5.74) is 1.79. The van der Waals surface area contributed by atoms with Crippen LogP contribution in [0.5, 0.6) is 0 Å². The largest absolute Gasteiger partial charge is 0.339 e. The van der Waals surface area contributed by atoms with E-state index in [9.17, 15) is 9.59 Å². The first kappa shape index (κ1) is 22.1. The Morgan fingerprint density at radius 2 is 1.66 bits per heavy atom. The van der Waals surface area contributed by atoms with Crippen molar-refractivity contribution in [3.8, 4) is 0 Å². The fraction of sp³-hybridized carbons (Fsp3) is 0.269. The van der Waals surface area contributed by atoms with E-state index in [1.165, 1.54) is 31.0 Å². The number of benzene rings is 2. The number of amides is 2. The van der Waals surface area contributed by atoms with Gasteiger partial charge in [-0.1, -0.05) is 49.2 Å². The van der Waals surface area contributed by atoms with Gasteiger partial charge in [-0.05, 0) is 61.4 Å². The number of carbonyl (C=O) groups excluding carboxylic acids is 2. The molecule has 1 saturated carbocycles. The van der Waals surface area contributed by atoms with Crippen LogP contribution in [0.25, 0.3) is 0 Å². The molecule has 0 saturated heterocycles. The van der Waals surface area contributed by atoms with Crippen molar-refractivity contribution in [3.63, 3.8) is 0 Å². The van der Waals surface area contributed by atoms with Crippen LogP contribution >= 0.6 is 11.8 Å². The molecule has 1 aromatic heterocycles. The molecule has 0 spiro atoms. The Bertz CT molecular complexity index is 1060. The minimum absolute atomic E-state index is 0.0311. The second-order valence-corrected chi connectivity index (χ2v) is 9.07. The van der Waals surface area contributed by atoms with Crippen molar-refractivity contribution < 1.29 is 9.59 Å². The number of hydrogen-bond acceptors (Lipinski definition) is 4. The summed E-state index contributed by atoms with van der Waals surface area (Å²) in [6, 6.07) is 20.8. The van der Waals surface area contributed by atoms with Crippen LogP contribution in [0.4, 0.5) is 5.69 Å². The van der Waals surface area contributed by atoms with Gasteiger partial charge in [-0.25, -0.2) is 4.98 Å². The van der Waals surface area contributed by atoms with Crippen LogP contribution in [-0.2, 0) is 0 Å². The number of anilines is 1. The fourth-order valence-corrected chi connectivity index (χ4v) is 4.88. The molecule has 0 radical (unpaired) electrons. The molecule has 1 aliphatic rings. The first-order valence-corrected chi connectivity index (χ1v) is 11.8. The second kappa shape index (κ2) is 10.5. The van der Waals surface area contributed by atoms with Crippen LogP contribution in [0, 0.1) is 0 Å². The quantitative estimate of drug-likeness (QED) is 0.514. The number of aromatic nitrogens is 1. The summed E-state index contributed by atoms with van der Waals surface area (Å²) in [4.78, 5) is 33.0. The molecule has 2 aromatic carbocycles. The van der Waals surface area contributed by atoms with Crippen molar-refractivity contribution in [2.75, 3.05) is 12.4 Å². The first-order chi connectivity index (χ1) is 15.6. The lowest BCUT2D eigenvalue weighted by Crippen LogP contribution is -2.38. The minimum atomic E-state index is -0.227. The van der Waals surface area contributed by atoms with Crippen molar-refractivity contribution >= 4 is 29.3 Å². The summed E-state index contributed by atoms with van der Waals surface area (Å²) in [5.74, 6) is -0.196. The van der Waals surface area contributed by atoms with E-state index in [1.54, 1.807) is 42.6 Å². The normalized spacial score (nSPS) is 14.0. The standard InChI is InChI=1S/C26H27N3O2S/c1-29(21-9-4-2-5-10-21)26(31)19-14-16-20(17-15-19)28-24(30)23-13-8-18-27-25(23)32-22-11-6-3-7-12-22/h3,6-8,11-18,21H,2,4-5,9-10H2,1H3,(H,28,30). The molecule has 6 heteroatoms. The number of carbonyl (C=O) groups is 2. The Labute approximate surface area is 193 Å². The van der Waals surface area contributed by atoms with E-state index in [2.05, 4.69) is 10.3 Å². The lowest BCUT2D eigenvalue weighted by molar-refractivity contribution is 0.0696. The summed E-state index contributed by atoms with van der Waals surface area (Å²) in [7, 11) is 1.89. The van der Waals surface area contributed by atoms with Gasteiger partial charge in [0.15, 0.2) is 0 Å². The van der Waals surface area contributed by atoms with Crippen LogP contribution in [0.15, 0.2) is 82.8 Å². The van der Waals surface area contributed by atoms with Crippen molar-refractivity contribution in [2.24, 2.45) is 0 Å². The van der Waals surface area contributed by atoms with E-state index in [0.717, 1.165) is 17.7 Å². The van der Waals surface area contributed by atoms with Gasteiger partial charge in [-0.2, -0.15) is 0 Å². The lowest BCUT2D eigenvalue weighted by Gasteiger charge is -2.31. The minimum Gasteiger partial charge on any atom is -0.339 e. The molecular weight excluding hydrogens is 418 g/mol. The monoisotopic (exact) mass is 445 g/mol. The Hall–Kier alpha value is -3.12. The summed E-state index contributed by atoms with van der Waals surface area (Å²) < 4.78 is 0. The third-order valence-electron chi connectivity index (χ3n) is 5.81. The van der Waals surface area contributed by atoms with Gasteiger partial charge in [0.25, 0.3) is 11.8 Å². The third kappa shape index (κ3) is 5.37. The molecule has 5 nitrogen and oxygen atoms in total. The maximum atomic E-state index is 12.9. The zero-order valence-electron chi connectivity index (χ0n) is 18.2. The van der Waals surface area contributed by atoms with E-state index in [4.69, 9.17) is 0 Å². The number of hydrogen-bond donors (Lipinski definition) is 1. The van der Waals surface area contributed by atoms with E-state index in [0.29, 0.717) is 27.9 Å². The molecule has 0 aliphatic heterocycles. The van der Waals surface area contributed by atoms with Crippen LogP contribution < -0.4 is 5.32 Å². The SMILES string of the molecule is CN(C(=O)c1ccc(NC(=O)c2cccnc2Sc2ccccc2)cc1)C1CCCCC1. The molecule has 32 heavy (non-hydrogen) atoms. The molecule has 3 aromatic rings. The van der Waals surface area contributed by atoms with Crippen molar-refractivity contribution in [1.82, 2.24) is 9.88 Å². The van der Waals surface area contributed by atoms with Crippen molar-refractivity contribution in [2.45, 2.75) is 48.1 Å². The average molecular weight is 446 g/mol. The smallest absolute Gasteiger partial charge is 0.258 e. The zero-order chi connectivity index (χ0) is 22.3. The second-order valence-electron chi connectivity index (χ2n) is 8.01. The first-order valence-electron chi connectivity index (χ1n) is 11.0. The fourth-order valence-electron chi connectivity index (χ4n) is 3.98. The molecule has 0 bridgehead atoms. The van der Waals surface area contributed by atoms with E-state index in [-0.39, 0.29) is 11.8 Å². The Morgan fingerprint density at radius 3 is 2.38 bits per heavy atom. The van der Waals surface area contributed by atoms with Crippen LogP contribution in [0.3, 0.4) is 0 Å². The number of pyridine rings is 1. The van der Waals surface area contributed by atoms with Crippen molar-refractivity contribution in [3.05, 3.63) is 84.1 Å². The Balaban J connectivity index is 1.43. The third-order valence-corrected chi connectivity index (χ3v) is 6.83. The van der Waals surface area contributed by atoms with Gasteiger partial charge < -0.3 is 10.2 Å². The maximum absolute atomic E-state index is 12.9. The zero-order valence-corrected chi connectivity index (χ0v) is 19.0. The topological polar surface area (TPSA) is 62.3 Å². The molecule has 1 fully saturated rings. The predicted molar refractivity (Wildman–Crippen MR) is 128 cm³/mol. The molecule has 1 N–H and O–H groups in total. The Morgan fingerprint density at radius 1 is 0.938 bits per heavy atom. The molecule has 1 aliphatic carbocycles. The number of rotatable bonds is 6. The summed E-state index contributed by atoms with van der Waals surface area (Å²) in [5, 5.41) is 3.58. The highest BCUT2D eigenvalue weighted by atomic mass is 32.2. The molecule has 2 amide bonds. The molecule has 1 heterocycles. The summed E-state index contributed by atoms with van der Waals surface area (Å²) in [6.45, 7) is 0. The van der Waals surface area contributed by atoms with Gasteiger partial charge in [0.05, 0.1) is 5.56 Å². The molecular formula is C26H27N3O2S. The highest BCUT2D eigenvalue weighted by molar-refractivity contribution is 7.99. The van der Waals surface area contributed by atoms with Crippen LogP contribution in [0.1, 0.15) is 52.8 Å². The van der Waals surface area contributed by atoms with Gasteiger partial charge in [0, 0.05) is 35.4 Å². The van der Waals surface area contributed by atoms with E-state index in [1.807, 2.05) is 42.3 Å². The number of nitrogens with zero attached hydrogens (tertiary/aromatic N) is 2. The van der Waals surface area contributed by atoms with Crippen molar-refractivity contribution in [1.29, 1.82) is 0 Å². The summed E-state index contributed by atoms with van der Waals surface area (Å²) in [6.07, 6.45) is 7.47. The summed E-state index contributed by atoms with van der Waals surface area (Å²) >= 11 is 1.45. The van der Waals surface area contributed by atoms with Gasteiger partial charge in [-0.15, -0.1) is 0 Å². The maximum Gasteiger partial charge on any atom is 0.258 e. The average Bonchev–Trinajstić information content (AvgIpc) is 2.85. The van der Waals surface area contributed by atoms with Gasteiger partial charge >= 0.3 is 0 Å². The van der Waals surface area contributed by atoms with E-state index >= 15 is 0 Å². The molecule has 0 unspecified atom stereocenters. The highest BCUT2D eigenvalue weighted by Gasteiger charge is 2.23. The van der Waals surface area contributed by atoms with Gasteiger partial charge in [0.2, 0.25) is 0 Å². The molecule has 4 rings (SSSR count). The van der Waals surface area contributed by atoms with Gasteiger partial charge in [0.1, 0.15) is 5.03 Å². The highest BCUT2D eigenvalue weighted by Crippen LogP contribution is 2.29. The molecule has 164 valence electrons. The van der Waals surface area contributed by atoms with Gasteiger partial charge in [-0.3, -0.25) is 9.59 Å². The lowest BCUT2D eigenvalue weighted by atomic mass is 9.94.